The van der Waals surface area contributed by atoms with Gasteiger partial charge in [-0.2, -0.15) is 0 Å². The number of ether oxygens (including phenoxy) is 1. The van der Waals surface area contributed by atoms with Crippen molar-refractivity contribution >= 4 is 17.0 Å². The molecule has 0 bridgehead atoms. The first kappa shape index (κ1) is 23.3. The average molecular weight is 459 g/mol. The van der Waals surface area contributed by atoms with Crippen LogP contribution in [0.1, 0.15) is 32.0 Å². The number of alkyl carbamates (subject to hydrolysis) is 1. The molecule has 0 fully saturated rings. The van der Waals surface area contributed by atoms with Gasteiger partial charge < -0.3 is 10.1 Å². The van der Waals surface area contributed by atoms with E-state index in [1.165, 1.54) is 12.1 Å². The molecule has 4 rings (SSSR count). The number of carbonyl (C=O) groups is 1. The third kappa shape index (κ3) is 5.20. The molecule has 0 unspecified atom stereocenters. The summed E-state index contributed by atoms with van der Waals surface area (Å²) in [5.74, 6) is -0.351. The van der Waals surface area contributed by atoms with Crippen LogP contribution in [0.3, 0.4) is 0 Å². The summed E-state index contributed by atoms with van der Waals surface area (Å²) in [5, 5.41) is 3.46. The van der Waals surface area contributed by atoms with Gasteiger partial charge in [0, 0.05) is 41.9 Å². The van der Waals surface area contributed by atoms with E-state index in [1.807, 2.05) is 58.0 Å². The molecule has 1 aromatic carbocycles. The maximum Gasteiger partial charge on any atom is 0.407 e. The Balaban J connectivity index is 1.88. The van der Waals surface area contributed by atoms with Crippen LogP contribution >= 0.6 is 0 Å². The Bertz CT molecular complexity index is 1330. The van der Waals surface area contributed by atoms with Crippen LogP contribution in [-0.2, 0) is 11.2 Å². The van der Waals surface area contributed by atoms with Gasteiger partial charge in [-0.1, -0.05) is 12.1 Å². The second-order valence-corrected chi connectivity index (χ2v) is 9.03. The Labute approximate surface area is 198 Å². The van der Waals surface area contributed by atoms with Crippen molar-refractivity contribution in [2.75, 3.05) is 6.54 Å². The molecule has 0 saturated heterocycles. The molecular weight excluding hydrogens is 431 g/mol. The van der Waals surface area contributed by atoms with Crippen molar-refractivity contribution < 1.29 is 13.9 Å². The maximum absolute atomic E-state index is 14.4. The number of amides is 1. The number of benzene rings is 1. The summed E-state index contributed by atoms with van der Waals surface area (Å²) in [6.07, 6.45) is 3.37. The number of hydrogen-bond acceptors (Lipinski definition) is 5. The Morgan fingerprint density at radius 3 is 2.53 bits per heavy atom. The highest BCUT2D eigenvalue weighted by Gasteiger charge is 2.22. The van der Waals surface area contributed by atoms with Crippen molar-refractivity contribution in [1.29, 1.82) is 0 Å². The molecule has 1 N–H and O–H groups in total. The van der Waals surface area contributed by atoms with Crippen LogP contribution in [0.25, 0.3) is 33.4 Å². The van der Waals surface area contributed by atoms with Gasteiger partial charge in [0.2, 0.25) is 0 Å². The van der Waals surface area contributed by atoms with Crippen molar-refractivity contribution in [2.24, 2.45) is 0 Å². The zero-order valence-corrected chi connectivity index (χ0v) is 19.7. The highest BCUT2D eigenvalue weighted by molar-refractivity contribution is 6.02. The minimum absolute atomic E-state index is 0.315. The first-order valence-electron chi connectivity index (χ1n) is 11.2. The molecule has 6 nitrogen and oxygen atoms in total. The molecule has 0 aliphatic rings. The molecule has 7 heteroatoms. The molecule has 3 aromatic heterocycles. The van der Waals surface area contributed by atoms with E-state index in [1.54, 1.807) is 18.5 Å². The van der Waals surface area contributed by atoms with Crippen molar-refractivity contribution in [3.05, 3.63) is 78.0 Å². The van der Waals surface area contributed by atoms with Crippen LogP contribution in [0.15, 0.2) is 60.9 Å². The van der Waals surface area contributed by atoms with Crippen molar-refractivity contribution in [2.45, 2.75) is 39.7 Å². The third-order valence-corrected chi connectivity index (χ3v) is 5.22. The largest absolute Gasteiger partial charge is 0.444 e. The zero-order chi connectivity index (χ0) is 24.3. The summed E-state index contributed by atoms with van der Waals surface area (Å²) in [6.45, 7) is 7.74. The molecule has 0 radical (unpaired) electrons. The highest BCUT2D eigenvalue weighted by Crippen LogP contribution is 2.39. The molecule has 4 aromatic rings. The van der Waals surface area contributed by atoms with Crippen molar-refractivity contribution in [3.8, 4) is 22.5 Å². The van der Waals surface area contributed by atoms with E-state index in [-0.39, 0.29) is 5.82 Å². The van der Waals surface area contributed by atoms with Crippen molar-refractivity contribution in [3.63, 3.8) is 0 Å². The van der Waals surface area contributed by atoms with Crippen LogP contribution in [0.2, 0.25) is 0 Å². The fraction of sp³-hybridized carbons (Fsp3) is 0.259. The topological polar surface area (TPSA) is 77.0 Å². The molecule has 0 aliphatic carbocycles. The van der Waals surface area contributed by atoms with Gasteiger partial charge in [-0.3, -0.25) is 15.0 Å². The predicted molar refractivity (Wildman–Crippen MR) is 131 cm³/mol. The van der Waals surface area contributed by atoms with Gasteiger partial charge in [0.25, 0.3) is 0 Å². The first-order chi connectivity index (χ1) is 16.2. The Morgan fingerprint density at radius 1 is 1.03 bits per heavy atom. The smallest absolute Gasteiger partial charge is 0.407 e. The van der Waals surface area contributed by atoms with Crippen LogP contribution in [-0.4, -0.2) is 33.2 Å². The normalized spacial score (nSPS) is 11.4. The summed E-state index contributed by atoms with van der Waals surface area (Å²) in [6, 6.07) is 14.0. The molecular formula is C27H27FN4O2. The first-order valence-corrected chi connectivity index (χ1v) is 11.2. The molecule has 3 heterocycles. The number of pyridine rings is 3. The maximum atomic E-state index is 14.4. The molecule has 1 amide bonds. The van der Waals surface area contributed by atoms with Gasteiger partial charge in [0.1, 0.15) is 11.4 Å². The highest BCUT2D eigenvalue weighted by atomic mass is 19.1. The van der Waals surface area contributed by atoms with Crippen LogP contribution < -0.4 is 5.32 Å². The number of hydrogen-bond donors (Lipinski definition) is 1. The van der Waals surface area contributed by atoms with E-state index in [2.05, 4.69) is 15.3 Å². The summed E-state index contributed by atoms with van der Waals surface area (Å²) in [4.78, 5) is 26.2. The van der Waals surface area contributed by atoms with Gasteiger partial charge in [0.15, 0.2) is 0 Å². The summed E-state index contributed by atoms with van der Waals surface area (Å²) in [7, 11) is 0. The Morgan fingerprint density at radius 2 is 1.82 bits per heavy atom. The second-order valence-electron chi connectivity index (χ2n) is 9.03. The second kappa shape index (κ2) is 9.55. The van der Waals surface area contributed by atoms with E-state index >= 15 is 0 Å². The van der Waals surface area contributed by atoms with E-state index in [0.29, 0.717) is 29.6 Å². The summed E-state index contributed by atoms with van der Waals surface area (Å²) in [5.41, 5.74) is 4.73. The van der Waals surface area contributed by atoms with Gasteiger partial charge >= 0.3 is 6.09 Å². The van der Waals surface area contributed by atoms with Crippen molar-refractivity contribution in [1.82, 2.24) is 20.3 Å². The fourth-order valence-electron chi connectivity index (χ4n) is 3.84. The van der Waals surface area contributed by atoms with Crippen LogP contribution in [0, 0.1) is 12.7 Å². The number of halogens is 1. The third-order valence-electron chi connectivity index (χ3n) is 5.22. The number of aromatic nitrogens is 3. The quantitative estimate of drug-likeness (QED) is 0.404. The lowest BCUT2D eigenvalue weighted by Gasteiger charge is -2.20. The standard InChI is InChI=1S/C27H27FN4O2/c1-17-8-7-14-30-25(17)23-19-16-18(28)10-11-20(19)32-22(24(23)21-9-5-6-13-29-21)12-15-31-26(33)34-27(2,3)4/h5-11,13-14,16H,12,15H2,1-4H3,(H,31,33). The number of nitrogens with one attached hydrogen (secondary N) is 1. The number of fused-ring (bicyclic) bond motifs is 1. The lowest BCUT2D eigenvalue weighted by molar-refractivity contribution is 0.0528. The van der Waals surface area contributed by atoms with Gasteiger partial charge in [-0.15, -0.1) is 0 Å². The molecule has 174 valence electrons. The fourth-order valence-corrected chi connectivity index (χ4v) is 3.84. The molecule has 0 spiro atoms. The number of aryl methyl sites for hydroxylation is 1. The number of rotatable bonds is 5. The van der Waals surface area contributed by atoms with Gasteiger partial charge in [-0.05, 0) is 69.7 Å². The lowest BCUT2D eigenvalue weighted by atomic mass is 9.92. The van der Waals surface area contributed by atoms with Crippen LogP contribution in [0.5, 0.6) is 0 Å². The minimum atomic E-state index is -0.585. The van der Waals surface area contributed by atoms with Gasteiger partial charge in [-0.25, -0.2) is 9.18 Å². The molecule has 0 aliphatic heterocycles. The SMILES string of the molecule is Cc1cccnc1-c1c(-c2ccccn2)c(CCNC(=O)OC(C)(C)C)nc2ccc(F)cc12. The lowest BCUT2D eigenvalue weighted by Crippen LogP contribution is -2.33. The van der Waals surface area contributed by atoms with E-state index in [9.17, 15) is 9.18 Å². The molecule has 0 atom stereocenters. The molecule has 34 heavy (non-hydrogen) atoms. The van der Waals surface area contributed by atoms with E-state index in [4.69, 9.17) is 9.72 Å². The minimum Gasteiger partial charge on any atom is -0.444 e. The number of nitrogens with zero attached hydrogens (tertiary/aromatic N) is 3. The number of carbonyl (C=O) groups excluding carboxylic acids is 1. The summed E-state index contributed by atoms with van der Waals surface area (Å²) >= 11 is 0. The van der Waals surface area contributed by atoms with E-state index < -0.39 is 11.7 Å². The predicted octanol–water partition coefficient (Wildman–Crippen LogP) is 5.87. The molecule has 0 saturated carbocycles. The van der Waals surface area contributed by atoms with E-state index in [0.717, 1.165) is 28.1 Å². The summed E-state index contributed by atoms with van der Waals surface area (Å²) < 4.78 is 19.7. The average Bonchev–Trinajstić information content (AvgIpc) is 2.78. The van der Waals surface area contributed by atoms with Gasteiger partial charge in [0.05, 0.1) is 22.6 Å². The Kier molecular flexibility index (Phi) is 6.54. The van der Waals surface area contributed by atoms with Crippen LogP contribution in [0.4, 0.5) is 9.18 Å². The zero-order valence-electron chi connectivity index (χ0n) is 19.7. The monoisotopic (exact) mass is 458 g/mol. The Hall–Kier alpha value is -3.87.